The van der Waals surface area contributed by atoms with E-state index in [-0.39, 0.29) is 24.7 Å². The highest BCUT2D eigenvalue weighted by Gasteiger charge is 2.34. The predicted molar refractivity (Wildman–Crippen MR) is 80.7 cm³/mol. The van der Waals surface area contributed by atoms with Gasteiger partial charge in [0.25, 0.3) is 0 Å². The van der Waals surface area contributed by atoms with E-state index < -0.39 is 0 Å². The number of benzene rings is 1. The van der Waals surface area contributed by atoms with Crippen molar-refractivity contribution in [1.29, 1.82) is 0 Å². The zero-order valence-corrected chi connectivity index (χ0v) is 12.4. The summed E-state index contributed by atoms with van der Waals surface area (Å²) >= 11 is 0. The average Bonchev–Trinajstić information content (AvgIpc) is 3.16. The molecule has 0 unspecified atom stereocenters. The number of ether oxygens (including phenoxy) is 2. The molecule has 0 radical (unpaired) electrons. The van der Waals surface area contributed by atoms with Gasteiger partial charge in [-0.25, -0.2) is 4.98 Å². The molecule has 0 saturated carbocycles. The lowest BCUT2D eigenvalue weighted by atomic mass is 10.1. The number of imidazole rings is 1. The molecular weight excluding hydrogens is 282 g/mol. The molecular formula is C16H19N3O3. The van der Waals surface area contributed by atoms with Crippen LogP contribution in [0, 0.1) is 0 Å². The van der Waals surface area contributed by atoms with Crippen molar-refractivity contribution in [3.63, 3.8) is 0 Å². The Hall–Kier alpha value is -2.18. The van der Waals surface area contributed by atoms with Crippen molar-refractivity contribution in [2.24, 2.45) is 0 Å². The zero-order valence-electron chi connectivity index (χ0n) is 12.4. The minimum absolute atomic E-state index is 0.0519. The van der Waals surface area contributed by atoms with E-state index in [0.29, 0.717) is 6.61 Å². The number of carbonyl (C=O) groups is 1. The summed E-state index contributed by atoms with van der Waals surface area (Å²) in [7, 11) is 1.50. The van der Waals surface area contributed by atoms with E-state index in [4.69, 9.17) is 9.47 Å². The number of nitrogens with zero attached hydrogens (tertiary/aromatic N) is 2. The summed E-state index contributed by atoms with van der Waals surface area (Å²) in [6.07, 6.45) is 4.16. The summed E-state index contributed by atoms with van der Waals surface area (Å²) in [4.78, 5) is 16.2. The van der Waals surface area contributed by atoms with Crippen molar-refractivity contribution in [2.45, 2.75) is 18.6 Å². The Balaban J connectivity index is 1.82. The predicted octanol–water partition coefficient (Wildman–Crippen LogP) is 1.46. The number of rotatable bonds is 5. The standard InChI is InChI=1S/C16H19N3O3/c1-21-11-14(20)18-13-7-10-22-15(13)16-17-8-9-19(16)12-5-3-2-4-6-12/h2-6,8-9,13,15H,7,10-11H2,1H3,(H,18,20)/t13-,15-/m0/s1. The topological polar surface area (TPSA) is 65.4 Å². The van der Waals surface area contributed by atoms with Gasteiger partial charge in [-0.1, -0.05) is 18.2 Å². The molecule has 1 aromatic heterocycles. The van der Waals surface area contributed by atoms with Crippen molar-refractivity contribution < 1.29 is 14.3 Å². The number of carbonyl (C=O) groups excluding carboxylic acids is 1. The molecule has 3 rings (SSSR count). The second-order valence-electron chi connectivity index (χ2n) is 5.18. The Morgan fingerprint density at radius 1 is 1.45 bits per heavy atom. The maximum Gasteiger partial charge on any atom is 0.246 e. The van der Waals surface area contributed by atoms with Crippen molar-refractivity contribution in [2.75, 3.05) is 20.3 Å². The SMILES string of the molecule is COCC(=O)N[C@H]1CCO[C@@H]1c1nccn1-c1ccccc1. The van der Waals surface area contributed by atoms with Gasteiger partial charge in [0.1, 0.15) is 18.5 Å². The van der Waals surface area contributed by atoms with Gasteiger partial charge in [0, 0.05) is 31.8 Å². The van der Waals surface area contributed by atoms with Gasteiger partial charge < -0.3 is 19.4 Å². The lowest BCUT2D eigenvalue weighted by molar-refractivity contribution is -0.125. The van der Waals surface area contributed by atoms with Crippen molar-refractivity contribution in [3.8, 4) is 5.69 Å². The molecule has 0 bridgehead atoms. The van der Waals surface area contributed by atoms with Crippen LogP contribution in [0.1, 0.15) is 18.3 Å². The molecule has 2 heterocycles. The zero-order chi connectivity index (χ0) is 15.4. The number of hydrogen-bond acceptors (Lipinski definition) is 4. The van der Waals surface area contributed by atoms with Crippen LogP contribution in [0.2, 0.25) is 0 Å². The van der Waals surface area contributed by atoms with Crippen LogP contribution in [0.15, 0.2) is 42.7 Å². The van der Waals surface area contributed by atoms with Gasteiger partial charge in [-0.2, -0.15) is 0 Å². The van der Waals surface area contributed by atoms with Gasteiger partial charge >= 0.3 is 0 Å². The molecule has 6 nitrogen and oxygen atoms in total. The molecule has 1 aliphatic rings. The normalized spacial score (nSPS) is 21.0. The summed E-state index contributed by atoms with van der Waals surface area (Å²) in [6, 6.07) is 9.86. The van der Waals surface area contributed by atoms with Gasteiger partial charge in [0.05, 0.1) is 6.04 Å². The summed E-state index contributed by atoms with van der Waals surface area (Å²) in [5.41, 5.74) is 1.02. The Bertz CT molecular complexity index is 627. The first-order valence-corrected chi connectivity index (χ1v) is 7.28. The monoisotopic (exact) mass is 301 g/mol. The highest BCUT2D eigenvalue weighted by molar-refractivity contribution is 5.77. The Morgan fingerprint density at radius 3 is 3.05 bits per heavy atom. The Labute approximate surface area is 129 Å². The van der Waals surface area contributed by atoms with Gasteiger partial charge in [-0.3, -0.25) is 4.79 Å². The van der Waals surface area contributed by atoms with Gasteiger partial charge in [-0.05, 0) is 18.6 Å². The number of para-hydroxylation sites is 1. The van der Waals surface area contributed by atoms with E-state index in [9.17, 15) is 4.79 Å². The van der Waals surface area contributed by atoms with Gasteiger partial charge in [0.15, 0.2) is 0 Å². The van der Waals surface area contributed by atoms with Crippen LogP contribution in [0.3, 0.4) is 0 Å². The van der Waals surface area contributed by atoms with Crippen molar-refractivity contribution >= 4 is 5.91 Å². The van der Waals surface area contributed by atoms with E-state index in [2.05, 4.69) is 10.3 Å². The molecule has 1 N–H and O–H groups in total. The van der Waals surface area contributed by atoms with Crippen molar-refractivity contribution in [1.82, 2.24) is 14.9 Å². The second-order valence-corrected chi connectivity index (χ2v) is 5.18. The molecule has 22 heavy (non-hydrogen) atoms. The lowest BCUT2D eigenvalue weighted by Crippen LogP contribution is -2.39. The molecule has 6 heteroatoms. The highest BCUT2D eigenvalue weighted by Crippen LogP contribution is 2.29. The van der Waals surface area contributed by atoms with Crippen LogP contribution >= 0.6 is 0 Å². The van der Waals surface area contributed by atoms with E-state index in [1.807, 2.05) is 41.1 Å². The fourth-order valence-corrected chi connectivity index (χ4v) is 2.70. The first-order valence-electron chi connectivity index (χ1n) is 7.28. The molecule has 2 aromatic rings. The lowest BCUT2D eigenvalue weighted by Gasteiger charge is -2.20. The fourth-order valence-electron chi connectivity index (χ4n) is 2.70. The number of methoxy groups -OCH3 is 1. The summed E-state index contributed by atoms with van der Waals surface area (Å²) < 4.78 is 12.7. The van der Waals surface area contributed by atoms with E-state index in [1.165, 1.54) is 7.11 Å². The van der Waals surface area contributed by atoms with E-state index in [0.717, 1.165) is 17.9 Å². The Morgan fingerprint density at radius 2 is 2.27 bits per heavy atom. The molecule has 116 valence electrons. The van der Waals surface area contributed by atoms with Crippen LogP contribution < -0.4 is 5.32 Å². The third-order valence-electron chi connectivity index (χ3n) is 3.67. The minimum Gasteiger partial charge on any atom is -0.375 e. The van der Waals surface area contributed by atoms with E-state index in [1.54, 1.807) is 6.20 Å². The van der Waals surface area contributed by atoms with Gasteiger partial charge in [0.2, 0.25) is 5.91 Å². The highest BCUT2D eigenvalue weighted by atomic mass is 16.5. The average molecular weight is 301 g/mol. The van der Waals surface area contributed by atoms with E-state index >= 15 is 0 Å². The quantitative estimate of drug-likeness (QED) is 0.908. The van der Waals surface area contributed by atoms with Crippen LogP contribution in [0.5, 0.6) is 0 Å². The van der Waals surface area contributed by atoms with Crippen LogP contribution in [-0.2, 0) is 14.3 Å². The molecule has 1 aromatic carbocycles. The minimum atomic E-state index is -0.254. The Kier molecular flexibility index (Phi) is 4.50. The first-order chi connectivity index (χ1) is 10.8. The molecule has 1 amide bonds. The number of nitrogens with one attached hydrogen (secondary N) is 1. The molecule has 1 aliphatic heterocycles. The van der Waals surface area contributed by atoms with Crippen LogP contribution in [-0.4, -0.2) is 41.8 Å². The first kappa shape index (κ1) is 14.7. The van der Waals surface area contributed by atoms with Crippen LogP contribution in [0.25, 0.3) is 5.69 Å². The number of hydrogen-bond donors (Lipinski definition) is 1. The third-order valence-corrected chi connectivity index (χ3v) is 3.67. The largest absolute Gasteiger partial charge is 0.375 e. The molecule has 1 saturated heterocycles. The number of amides is 1. The third kappa shape index (κ3) is 3.03. The maximum atomic E-state index is 11.8. The van der Waals surface area contributed by atoms with Crippen LogP contribution in [0.4, 0.5) is 0 Å². The molecule has 0 spiro atoms. The molecule has 2 atom stereocenters. The molecule has 1 fully saturated rings. The summed E-state index contributed by atoms with van der Waals surface area (Å²) in [6.45, 7) is 0.653. The number of aromatic nitrogens is 2. The van der Waals surface area contributed by atoms with Crippen molar-refractivity contribution in [3.05, 3.63) is 48.5 Å². The summed E-state index contributed by atoms with van der Waals surface area (Å²) in [5, 5.41) is 2.95. The maximum absolute atomic E-state index is 11.8. The smallest absolute Gasteiger partial charge is 0.246 e. The molecule has 0 aliphatic carbocycles. The second kappa shape index (κ2) is 6.72. The fraction of sp³-hybridized carbons (Fsp3) is 0.375. The van der Waals surface area contributed by atoms with Gasteiger partial charge in [-0.15, -0.1) is 0 Å². The summed E-state index contributed by atoms with van der Waals surface area (Å²) in [5.74, 6) is 0.659.